The zero-order valence-electron chi connectivity index (χ0n) is 12.1. The number of amides is 1. The van der Waals surface area contributed by atoms with E-state index in [2.05, 4.69) is 27.4 Å². The first-order chi connectivity index (χ1) is 10.1. The van der Waals surface area contributed by atoms with E-state index in [4.69, 9.17) is 5.73 Å². The number of carbonyl (C=O) groups excluding carboxylic acids is 1. The molecule has 0 aliphatic carbocycles. The van der Waals surface area contributed by atoms with Gasteiger partial charge in [0.25, 0.3) is 5.91 Å². The molecule has 0 spiro atoms. The van der Waals surface area contributed by atoms with Crippen LogP contribution in [0.25, 0.3) is 0 Å². The van der Waals surface area contributed by atoms with Crippen LogP contribution in [0.4, 0.5) is 0 Å². The number of rotatable bonds is 3. The second-order valence-corrected chi connectivity index (χ2v) is 4.52. The molecule has 2 aromatic rings. The van der Waals surface area contributed by atoms with Crippen LogP contribution in [-0.2, 0) is 13.6 Å². The zero-order valence-corrected chi connectivity index (χ0v) is 12.1. The fourth-order valence-corrected chi connectivity index (χ4v) is 1.89. The summed E-state index contributed by atoms with van der Waals surface area (Å²) in [6.07, 6.45) is 1.59. The highest BCUT2D eigenvalue weighted by molar-refractivity contribution is 5.96. The quantitative estimate of drug-likeness (QED) is 0.797. The molecule has 1 heterocycles. The van der Waals surface area contributed by atoms with Gasteiger partial charge in [-0.05, 0) is 24.6 Å². The number of aromatic nitrogens is 3. The maximum atomic E-state index is 12.3. The van der Waals surface area contributed by atoms with Gasteiger partial charge in [0.1, 0.15) is 6.33 Å². The first-order valence-corrected chi connectivity index (χ1v) is 6.53. The van der Waals surface area contributed by atoms with Crippen LogP contribution in [0.2, 0.25) is 0 Å². The van der Waals surface area contributed by atoms with Crippen molar-refractivity contribution in [2.45, 2.75) is 13.5 Å². The second-order valence-electron chi connectivity index (χ2n) is 4.52. The molecule has 6 nitrogen and oxygen atoms in total. The van der Waals surface area contributed by atoms with Crippen LogP contribution in [0.5, 0.6) is 0 Å². The average molecular weight is 283 g/mol. The van der Waals surface area contributed by atoms with Gasteiger partial charge in [-0.3, -0.25) is 4.79 Å². The summed E-state index contributed by atoms with van der Waals surface area (Å²) in [5.74, 6) is 6.30. The van der Waals surface area contributed by atoms with Crippen molar-refractivity contribution in [2.24, 2.45) is 12.8 Å². The lowest BCUT2D eigenvalue weighted by molar-refractivity contribution is 0.0949. The molecule has 0 saturated carbocycles. The fourth-order valence-electron chi connectivity index (χ4n) is 1.89. The lowest BCUT2D eigenvalue weighted by Crippen LogP contribution is -2.25. The number of benzene rings is 1. The van der Waals surface area contributed by atoms with Crippen LogP contribution in [0.3, 0.4) is 0 Å². The monoisotopic (exact) mass is 283 g/mol. The third-order valence-electron chi connectivity index (χ3n) is 3.12. The number of nitrogens with two attached hydrogens (primary N) is 1. The standard InChI is InChI=1S/C15H17N5O/c1-11-12(6-4-8-16)5-3-7-13(11)15(21)17-9-14-19-18-10-20(14)2/h3,5,7,10H,8-9,16H2,1-2H3,(H,17,21). The van der Waals surface area contributed by atoms with E-state index in [-0.39, 0.29) is 5.91 Å². The third-order valence-corrected chi connectivity index (χ3v) is 3.12. The van der Waals surface area contributed by atoms with E-state index in [0.717, 1.165) is 11.1 Å². The Morgan fingerprint density at radius 1 is 1.48 bits per heavy atom. The molecule has 1 amide bonds. The summed E-state index contributed by atoms with van der Waals surface area (Å²) in [5.41, 5.74) is 7.62. The van der Waals surface area contributed by atoms with Gasteiger partial charge in [0, 0.05) is 18.2 Å². The van der Waals surface area contributed by atoms with Gasteiger partial charge in [-0.2, -0.15) is 0 Å². The van der Waals surface area contributed by atoms with Crippen LogP contribution >= 0.6 is 0 Å². The summed E-state index contributed by atoms with van der Waals surface area (Å²) in [6.45, 7) is 2.49. The molecule has 0 aliphatic heterocycles. The maximum Gasteiger partial charge on any atom is 0.251 e. The first-order valence-electron chi connectivity index (χ1n) is 6.53. The zero-order chi connectivity index (χ0) is 15.2. The second kappa shape index (κ2) is 6.68. The predicted molar refractivity (Wildman–Crippen MR) is 79.3 cm³/mol. The van der Waals surface area contributed by atoms with E-state index in [1.54, 1.807) is 17.0 Å². The molecule has 1 aromatic carbocycles. The van der Waals surface area contributed by atoms with Crippen molar-refractivity contribution in [3.63, 3.8) is 0 Å². The van der Waals surface area contributed by atoms with Crippen LogP contribution in [-0.4, -0.2) is 27.2 Å². The predicted octanol–water partition coefficient (Wildman–Crippen LogP) is 0.364. The molecular formula is C15H17N5O. The van der Waals surface area contributed by atoms with Gasteiger partial charge >= 0.3 is 0 Å². The Morgan fingerprint density at radius 3 is 2.95 bits per heavy atom. The highest BCUT2D eigenvalue weighted by Crippen LogP contribution is 2.13. The summed E-state index contributed by atoms with van der Waals surface area (Å²) in [6, 6.07) is 5.46. The van der Waals surface area contributed by atoms with Gasteiger partial charge in [-0.25, -0.2) is 0 Å². The Balaban J connectivity index is 2.14. The van der Waals surface area contributed by atoms with Crippen LogP contribution in [0.15, 0.2) is 24.5 Å². The molecule has 1 aromatic heterocycles. The van der Waals surface area contributed by atoms with Crippen molar-refractivity contribution in [3.8, 4) is 11.8 Å². The number of nitrogens with zero attached hydrogens (tertiary/aromatic N) is 3. The number of hydrogen-bond donors (Lipinski definition) is 2. The minimum absolute atomic E-state index is 0.160. The average Bonchev–Trinajstić information content (AvgIpc) is 2.89. The maximum absolute atomic E-state index is 12.3. The molecule has 0 radical (unpaired) electrons. The summed E-state index contributed by atoms with van der Waals surface area (Å²) >= 11 is 0. The van der Waals surface area contributed by atoms with Crippen molar-refractivity contribution in [1.29, 1.82) is 0 Å². The first kappa shape index (κ1) is 14.8. The molecule has 0 fully saturated rings. The molecule has 21 heavy (non-hydrogen) atoms. The molecule has 0 aliphatic rings. The van der Waals surface area contributed by atoms with Gasteiger partial charge in [0.2, 0.25) is 0 Å². The third kappa shape index (κ3) is 3.46. The normalized spacial score (nSPS) is 9.86. The number of carbonyl (C=O) groups is 1. The summed E-state index contributed by atoms with van der Waals surface area (Å²) in [4.78, 5) is 12.3. The molecule has 0 unspecified atom stereocenters. The largest absolute Gasteiger partial charge is 0.345 e. The van der Waals surface area contributed by atoms with Crippen molar-refractivity contribution < 1.29 is 4.79 Å². The number of nitrogens with one attached hydrogen (secondary N) is 1. The summed E-state index contributed by atoms with van der Waals surface area (Å²) < 4.78 is 1.76. The molecule has 108 valence electrons. The van der Waals surface area contributed by atoms with Crippen molar-refractivity contribution >= 4 is 5.91 Å². The molecule has 2 rings (SSSR count). The Kier molecular flexibility index (Phi) is 4.69. The molecular weight excluding hydrogens is 266 g/mol. The van der Waals surface area contributed by atoms with Gasteiger partial charge in [0.15, 0.2) is 5.82 Å². The van der Waals surface area contributed by atoms with Crippen LogP contribution < -0.4 is 11.1 Å². The Bertz CT molecular complexity index is 708. The molecule has 3 N–H and O–H groups in total. The molecule has 6 heteroatoms. The number of aryl methyl sites for hydroxylation is 1. The lowest BCUT2D eigenvalue weighted by Gasteiger charge is -2.08. The van der Waals surface area contributed by atoms with E-state index < -0.39 is 0 Å². The highest BCUT2D eigenvalue weighted by atomic mass is 16.1. The topological polar surface area (TPSA) is 85.8 Å². The Labute approximate surface area is 123 Å². The van der Waals surface area contributed by atoms with Crippen LogP contribution in [0.1, 0.15) is 27.3 Å². The Morgan fingerprint density at radius 2 is 2.29 bits per heavy atom. The molecule has 0 bridgehead atoms. The lowest BCUT2D eigenvalue weighted by atomic mass is 10.0. The van der Waals surface area contributed by atoms with E-state index in [0.29, 0.717) is 24.5 Å². The van der Waals surface area contributed by atoms with E-state index in [1.807, 2.05) is 26.1 Å². The van der Waals surface area contributed by atoms with Gasteiger partial charge in [-0.1, -0.05) is 17.9 Å². The van der Waals surface area contributed by atoms with E-state index >= 15 is 0 Å². The number of hydrogen-bond acceptors (Lipinski definition) is 4. The van der Waals surface area contributed by atoms with E-state index in [1.165, 1.54) is 0 Å². The van der Waals surface area contributed by atoms with Crippen molar-refractivity contribution in [1.82, 2.24) is 20.1 Å². The summed E-state index contributed by atoms with van der Waals surface area (Å²) in [5, 5.41) is 10.5. The smallest absolute Gasteiger partial charge is 0.251 e. The molecule has 0 atom stereocenters. The minimum atomic E-state index is -0.160. The van der Waals surface area contributed by atoms with Crippen molar-refractivity contribution in [3.05, 3.63) is 47.0 Å². The fraction of sp³-hybridized carbons (Fsp3) is 0.267. The highest BCUT2D eigenvalue weighted by Gasteiger charge is 2.11. The van der Waals surface area contributed by atoms with Crippen molar-refractivity contribution in [2.75, 3.05) is 6.54 Å². The summed E-state index contributed by atoms with van der Waals surface area (Å²) in [7, 11) is 1.83. The Hall–Kier alpha value is -2.65. The SMILES string of the molecule is Cc1c(C#CCN)cccc1C(=O)NCc1nncn1C. The van der Waals surface area contributed by atoms with E-state index in [9.17, 15) is 4.79 Å². The van der Waals surface area contributed by atoms with Gasteiger partial charge in [-0.15, -0.1) is 10.2 Å². The van der Waals surface area contributed by atoms with Gasteiger partial charge in [0.05, 0.1) is 13.1 Å². The van der Waals surface area contributed by atoms with Crippen LogP contribution in [0, 0.1) is 18.8 Å². The molecule has 0 saturated heterocycles. The van der Waals surface area contributed by atoms with Gasteiger partial charge < -0.3 is 15.6 Å². The minimum Gasteiger partial charge on any atom is -0.345 e.